The van der Waals surface area contributed by atoms with E-state index in [0.717, 1.165) is 44.9 Å². The van der Waals surface area contributed by atoms with Gasteiger partial charge in [0.15, 0.2) is 0 Å². The van der Waals surface area contributed by atoms with Gasteiger partial charge in [-0.3, -0.25) is 28.8 Å². The Morgan fingerprint density at radius 2 is 0.787 bits per heavy atom. The van der Waals surface area contributed by atoms with Gasteiger partial charge in [-0.05, 0) is 80.6 Å². The molecule has 0 aliphatic heterocycles. The third kappa shape index (κ3) is 49.0. The van der Waals surface area contributed by atoms with E-state index < -0.39 is 12.1 Å². The van der Waals surface area contributed by atoms with Crippen molar-refractivity contribution >= 4 is 88.8 Å². The number of carboxylic acids is 1. The van der Waals surface area contributed by atoms with Crippen LogP contribution < -0.4 is 21.7 Å². The van der Waals surface area contributed by atoms with Crippen molar-refractivity contribution in [2.75, 3.05) is 42.2 Å². The average Bonchev–Trinajstić information content (AvgIpc) is 3.18. The van der Waals surface area contributed by atoms with Crippen LogP contribution in [0, 0.1) is 35.5 Å². The summed E-state index contributed by atoms with van der Waals surface area (Å²) in [4.78, 5) is 77.1. The Morgan fingerprint density at radius 1 is 0.541 bits per heavy atom. The topological polar surface area (TPSA) is 202 Å². The molecule has 3 amide bonds. The second kappa shape index (κ2) is 42.1. The van der Waals surface area contributed by atoms with Crippen LogP contribution in [0.4, 0.5) is 13.2 Å². The molecule has 0 aromatic rings. The molecular weight excluding hydrogens is 997 g/mol. The highest BCUT2D eigenvalue weighted by Crippen LogP contribution is 2.20. The lowest BCUT2D eigenvalue weighted by Crippen LogP contribution is -2.29. The number of aliphatic carboxylic acids is 1. The van der Waals surface area contributed by atoms with Crippen LogP contribution in [0.15, 0.2) is 0 Å². The highest BCUT2D eigenvalue weighted by atomic mass is 79.9. The van der Waals surface area contributed by atoms with Crippen LogP contribution >= 0.6 is 47.8 Å². The summed E-state index contributed by atoms with van der Waals surface area (Å²) in [6.07, 6.45) is 5.66. The number of halogens is 6. The van der Waals surface area contributed by atoms with Crippen molar-refractivity contribution in [3.63, 3.8) is 0 Å². The molecular formula is C43H78Br3F3N4O8. The van der Waals surface area contributed by atoms with Gasteiger partial charge in [-0.15, -0.1) is 0 Å². The number of rotatable bonds is 30. The summed E-state index contributed by atoms with van der Waals surface area (Å²) >= 11 is 9.36. The Labute approximate surface area is 389 Å². The molecule has 0 aromatic carbocycles. The highest BCUT2D eigenvalue weighted by molar-refractivity contribution is 9.09. The molecule has 0 unspecified atom stereocenters. The summed E-state index contributed by atoms with van der Waals surface area (Å²) < 4.78 is 31.7. The maximum Gasteiger partial charge on any atom is 0.490 e. The largest absolute Gasteiger partial charge is 0.490 e. The molecule has 12 nitrogen and oxygen atoms in total. The molecule has 6 N–H and O–H groups in total. The monoisotopic (exact) mass is 1070 g/mol. The van der Waals surface area contributed by atoms with E-state index in [1.165, 1.54) is 0 Å². The number of Topliss-reactive ketones (excluding diaryl/α,β-unsaturated/α-hetero) is 3. The predicted molar refractivity (Wildman–Crippen MR) is 249 cm³/mol. The lowest BCUT2D eigenvalue weighted by molar-refractivity contribution is -0.192. The zero-order valence-corrected chi connectivity index (χ0v) is 42.7. The maximum absolute atomic E-state index is 11.7. The van der Waals surface area contributed by atoms with Crippen LogP contribution in [0.25, 0.3) is 0 Å². The minimum Gasteiger partial charge on any atom is -0.475 e. The van der Waals surface area contributed by atoms with E-state index in [1.807, 2.05) is 0 Å². The zero-order chi connectivity index (χ0) is 48.0. The van der Waals surface area contributed by atoms with Crippen LogP contribution in [0.3, 0.4) is 0 Å². The van der Waals surface area contributed by atoms with Gasteiger partial charge in [0.05, 0.1) is 16.0 Å². The molecule has 3 atom stereocenters. The fourth-order valence-corrected chi connectivity index (χ4v) is 6.64. The van der Waals surface area contributed by atoms with Crippen LogP contribution in [0.5, 0.6) is 0 Å². The lowest BCUT2D eigenvalue weighted by Gasteiger charge is -2.16. The van der Waals surface area contributed by atoms with Crippen molar-refractivity contribution in [2.45, 2.75) is 151 Å². The molecule has 61 heavy (non-hydrogen) atoms. The highest BCUT2D eigenvalue weighted by Gasteiger charge is 2.38. The van der Waals surface area contributed by atoms with Crippen molar-refractivity contribution in [1.29, 1.82) is 0 Å². The summed E-state index contributed by atoms with van der Waals surface area (Å²) in [6.45, 7) is 19.6. The van der Waals surface area contributed by atoms with E-state index in [1.54, 1.807) is 0 Å². The molecule has 0 heterocycles. The maximum atomic E-state index is 11.7. The Kier molecular flexibility index (Phi) is 45.3. The van der Waals surface area contributed by atoms with Crippen LogP contribution in [-0.2, 0) is 33.6 Å². The summed E-state index contributed by atoms with van der Waals surface area (Å²) in [7, 11) is 0. The fraction of sp³-hybridized carbons (Fsp3) is 0.837. The van der Waals surface area contributed by atoms with Crippen molar-refractivity contribution in [3.05, 3.63) is 0 Å². The van der Waals surface area contributed by atoms with Crippen molar-refractivity contribution in [2.24, 2.45) is 41.2 Å². The summed E-state index contributed by atoms with van der Waals surface area (Å²) in [5.41, 5.74) is 5.65. The van der Waals surface area contributed by atoms with Gasteiger partial charge in [-0.1, -0.05) is 116 Å². The van der Waals surface area contributed by atoms with E-state index in [2.05, 4.69) is 119 Å². The molecule has 0 aliphatic rings. The Hall–Kier alpha value is -1.92. The number of alkyl halides is 6. The smallest absolute Gasteiger partial charge is 0.475 e. The number of amides is 3. The Balaban J connectivity index is -0.000000370. The van der Waals surface area contributed by atoms with E-state index in [-0.39, 0.29) is 41.0 Å². The lowest BCUT2D eigenvalue weighted by atomic mass is 9.92. The van der Waals surface area contributed by atoms with Gasteiger partial charge < -0.3 is 26.8 Å². The van der Waals surface area contributed by atoms with Gasteiger partial charge in [-0.25, -0.2) is 4.79 Å². The van der Waals surface area contributed by atoms with Crippen molar-refractivity contribution in [1.82, 2.24) is 16.0 Å². The first-order chi connectivity index (χ1) is 28.4. The second-order valence-corrected chi connectivity index (χ2v) is 18.0. The van der Waals surface area contributed by atoms with Crippen molar-refractivity contribution < 1.29 is 51.8 Å². The minimum absolute atomic E-state index is 0.0393. The van der Waals surface area contributed by atoms with Gasteiger partial charge >= 0.3 is 12.1 Å². The molecule has 360 valence electrons. The molecule has 0 bridgehead atoms. The minimum atomic E-state index is -5.08. The number of nitrogens with two attached hydrogens (primary N) is 1. The van der Waals surface area contributed by atoms with E-state index in [9.17, 15) is 41.9 Å². The van der Waals surface area contributed by atoms with Gasteiger partial charge in [-0.2, -0.15) is 13.2 Å². The Morgan fingerprint density at radius 3 is 0.984 bits per heavy atom. The zero-order valence-electron chi connectivity index (χ0n) is 38.0. The third-order valence-corrected chi connectivity index (χ3v) is 10.8. The first-order valence-corrected chi connectivity index (χ1v) is 24.8. The quantitative estimate of drug-likeness (QED) is 0.0344. The van der Waals surface area contributed by atoms with Crippen molar-refractivity contribution in [3.8, 4) is 0 Å². The number of hydrogen-bond acceptors (Lipinski definition) is 8. The molecule has 0 radical (unpaired) electrons. The second-order valence-electron chi connectivity index (χ2n) is 16.3. The molecule has 0 saturated heterocycles. The molecule has 0 spiro atoms. The van der Waals surface area contributed by atoms with E-state index in [0.29, 0.717) is 117 Å². The molecule has 0 fully saturated rings. The average molecular weight is 1080 g/mol. The van der Waals surface area contributed by atoms with Gasteiger partial charge in [0.1, 0.15) is 17.3 Å². The standard InChI is InChI=1S/2C14H26BrNO2.C13H25BrN2O2.C2HF3O2/c2*1-4-12(8-11(2)3)9-14(18)16-7-5-6-13(17)10-15;1-10(2)6-11(9-15)7-13(18)16-5-3-4-12(17)8-14;3-2(4,5)1(6)7/h2*11-12H,4-10H2,1-3H3,(H,16,18);10-11H,3-9,15H2,1-2H3,(H,16,18);(H,6,7)/t2*12-;11-;/m000./s1. The van der Waals surface area contributed by atoms with Crippen LogP contribution in [0.1, 0.15) is 145 Å². The number of carbonyl (C=O) groups is 7. The SMILES string of the molecule is CC(C)C[C@H](CN)CC(=O)NCCCC(=O)CBr.CC[C@H](CC(=O)NCCCC(=O)CBr)CC(C)C.CC[C@H](CC(=O)NCCCC(=O)CBr)CC(C)C.O=C(O)C(F)(F)F. The fourth-order valence-electron chi connectivity index (χ4n) is 5.80. The van der Waals surface area contributed by atoms with E-state index >= 15 is 0 Å². The first-order valence-electron chi connectivity index (χ1n) is 21.4. The number of ketones is 3. The normalized spacial score (nSPS) is 12.4. The first kappa shape index (κ1) is 65.7. The predicted octanol–water partition coefficient (Wildman–Crippen LogP) is 9.11. The van der Waals surface area contributed by atoms with Gasteiger partial charge in [0, 0.05) is 58.2 Å². The van der Waals surface area contributed by atoms with Gasteiger partial charge in [0.2, 0.25) is 17.7 Å². The molecule has 18 heteroatoms. The van der Waals surface area contributed by atoms with Gasteiger partial charge in [0.25, 0.3) is 0 Å². The number of hydrogen-bond donors (Lipinski definition) is 5. The summed E-state index contributed by atoms with van der Waals surface area (Å²) in [6, 6.07) is 0. The number of carbonyl (C=O) groups excluding carboxylic acids is 6. The molecule has 0 aliphatic carbocycles. The summed E-state index contributed by atoms with van der Waals surface area (Å²) in [5, 5.41) is 17.0. The summed E-state index contributed by atoms with van der Waals surface area (Å²) in [5.74, 6) is 1.13. The third-order valence-electron chi connectivity index (χ3n) is 8.88. The van der Waals surface area contributed by atoms with Crippen LogP contribution in [0.2, 0.25) is 0 Å². The Bertz CT molecular complexity index is 1090. The van der Waals surface area contributed by atoms with Crippen LogP contribution in [-0.4, -0.2) is 94.5 Å². The molecule has 0 rings (SSSR count). The number of nitrogens with one attached hydrogen (secondary N) is 3. The molecule has 0 aromatic heterocycles. The molecule has 0 saturated carbocycles. The number of carboxylic acid groups (broad SMARTS) is 1. The van der Waals surface area contributed by atoms with E-state index in [4.69, 9.17) is 15.6 Å².